The van der Waals surface area contributed by atoms with Crippen LogP contribution in [0, 0.1) is 11.6 Å². The average Bonchev–Trinajstić information content (AvgIpc) is 3.50. The molecule has 1 aromatic carbocycles. The van der Waals surface area contributed by atoms with Gasteiger partial charge in [0.2, 0.25) is 5.95 Å². The van der Waals surface area contributed by atoms with Crippen molar-refractivity contribution in [3.05, 3.63) is 53.4 Å². The van der Waals surface area contributed by atoms with Gasteiger partial charge in [-0.2, -0.15) is 0 Å². The molecule has 9 heteroatoms. The molecule has 0 bridgehead atoms. The Hall–Kier alpha value is -3.33. The number of ether oxygens (including phenoxy) is 1. The molecule has 0 radical (unpaired) electrons. The second-order valence-electron chi connectivity index (χ2n) is 12.2. The molecule has 1 N–H and O–H groups in total. The number of fused-ring (bicyclic) bond motifs is 1. The smallest absolute Gasteiger partial charge is 0.229 e. The van der Waals surface area contributed by atoms with E-state index in [0.717, 1.165) is 45.0 Å². The lowest BCUT2D eigenvalue weighted by Crippen LogP contribution is -2.42. The van der Waals surface area contributed by atoms with Gasteiger partial charge in [0.15, 0.2) is 17.4 Å². The molecule has 7 nitrogen and oxygen atoms in total. The summed E-state index contributed by atoms with van der Waals surface area (Å²) in [5, 5.41) is 3.22. The molecule has 3 aliphatic rings. The number of hydrogen-bond donors (Lipinski definition) is 1. The van der Waals surface area contributed by atoms with Crippen LogP contribution in [0.25, 0.3) is 11.3 Å². The molecule has 2 fully saturated rings. The first-order chi connectivity index (χ1) is 19.8. The fourth-order valence-corrected chi connectivity index (χ4v) is 6.64. The van der Waals surface area contributed by atoms with E-state index in [2.05, 4.69) is 38.2 Å². The Labute approximate surface area is 241 Å². The van der Waals surface area contributed by atoms with Crippen molar-refractivity contribution in [2.75, 3.05) is 36.9 Å². The van der Waals surface area contributed by atoms with Gasteiger partial charge in [-0.15, -0.1) is 0 Å². The topological polar surface area (TPSA) is 66.4 Å². The van der Waals surface area contributed by atoms with Crippen LogP contribution in [-0.2, 0) is 0 Å². The van der Waals surface area contributed by atoms with Gasteiger partial charge in [-0.25, -0.2) is 23.7 Å². The first-order valence-electron chi connectivity index (χ1n) is 15.0. The van der Waals surface area contributed by atoms with E-state index in [1.807, 2.05) is 26.8 Å². The Morgan fingerprint density at radius 3 is 2.46 bits per heavy atom. The van der Waals surface area contributed by atoms with Crippen molar-refractivity contribution in [1.29, 1.82) is 0 Å². The summed E-state index contributed by atoms with van der Waals surface area (Å²) in [7, 11) is 2.18. The molecule has 2 aromatic heterocycles. The minimum absolute atomic E-state index is 0.0329. The van der Waals surface area contributed by atoms with Gasteiger partial charge in [0.1, 0.15) is 17.6 Å². The predicted octanol–water partition coefficient (Wildman–Crippen LogP) is 7.02. The van der Waals surface area contributed by atoms with Gasteiger partial charge in [-0.05, 0) is 96.3 Å². The van der Waals surface area contributed by atoms with Crippen LogP contribution in [-0.4, -0.2) is 58.7 Å². The summed E-state index contributed by atoms with van der Waals surface area (Å²) in [6, 6.07) is 7.36. The zero-order chi connectivity index (χ0) is 28.7. The van der Waals surface area contributed by atoms with E-state index >= 15 is 8.78 Å². The van der Waals surface area contributed by atoms with Crippen molar-refractivity contribution < 1.29 is 13.5 Å². The summed E-state index contributed by atoms with van der Waals surface area (Å²) in [4.78, 5) is 18.3. The van der Waals surface area contributed by atoms with E-state index < -0.39 is 11.6 Å². The molecule has 3 aromatic rings. The highest BCUT2D eigenvalue weighted by Crippen LogP contribution is 2.42. The summed E-state index contributed by atoms with van der Waals surface area (Å²) < 4.78 is 36.2. The van der Waals surface area contributed by atoms with E-state index in [0.29, 0.717) is 35.4 Å². The van der Waals surface area contributed by atoms with E-state index in [1.54, 1.807) is 6.07 Å². The first kappa shape index (κ1) is 27.8. The van der Waals surface area contributed by atoms with Gasteiger partial charge in [0.25, 0.3) is 0 Å². The third-order valence-electron chi connectivity index (χ3n) is 8.84. The normalized spacial score (nSPS) is 20.4. The van der Waals surface area contributed by atoms with E-state index in [4.69, 9.17) is 9.72 Å². The lowest BCUT2D eigenvalue weighted by Gasteiger charge is -2.38. The van der Waals surface area contributed by atoms with E-state index in [-0.39, 0.29) is 29.5 Å². The number of hydrogen-bond acceptors (Lipinski definition) is 7. The zero-order valence-corrected chi connectivity index (χ0v) is 24.5. The summed E-state index contributed by atoms with van der Waals surface area (Å²) in [5.74, 6) is 0.898. The van der Waals surface area contributed by atoms with Crippen LogP contribution in [0.2, 0.25) is 0 Å². The maximum absolute atomic E-state index is 15.3. The lowest BCUT2D eigenvalue weighted by atomic mass is 9.85. The number of halogens is 2. The van der Waals surface area contributed by atoms with E-state index in [1.165, 1.54) is 30.2 Å². The Morgan fingerprint density at radius 1 is 0.976 bits per heavy atom. The number of aromatic nitrogens is 3. The van der Waals surface area contributed by atoms with Crippen LogP contribution in [0.1, 0.15) is 82.4 Å². The van der Waals surface area contributed by atoms with Crippen molar-refractivity contribution in [2.45, 2.75) is 83.3 Å². The second-order valence-corrected chi connectivity index (χ2v) is 12.2. The van der Waals surface area contributed by atoms with E-state index in [9.17, 15) is 0 Å². The average molecular weight is 563 g/mol. The first-order valence-corrected chi connectivity index (χ1v) is 15.0. The van der Waals surface area contributed by atoms with Crippen LogP contribution >= 0.6 is 0 Å². The summed E-state index contributed by atoms with van der Waals surface area (Å²) >= 11 is 0. The highest BCUT2D eigenvalue weighted by atomic mass is 19.1. The Kier molecular flexibility index (Phi) is 7.81. The maximum Gasteiger partial charge on any atom is 0.229 e. The molecule has 1 unspecified atom stereocenters. The third kappa shape index (κ3) is 5.73. The van der Waals surface area contributed by atoms with Crippen molar-refractivity contribution >= 4 is 17.5 Å². The summed E-state index contributed by atoms with van der Waals surface area (Å²) in [6.45, 7) is 8.83. The SMILES string of the molecule is CC1CN(C(C)C)c2cc(-c3nc(Nc4ccc(C5CCN(C)CC5)c(C5CCCC5)n4)ncc3F)cc(F)c2O1. The molecule has 1 atom stereocenters. The highest BCUT2D eigenvalue weighted by Gasteiger charge is 2.30. The van der Waals surface area contributed by atoms with Gasteiger partial charge < -0.3 is 19.9 Å². The minimum Gasteiger partial charge on any atom is -0.484 e. The Balaban J connectivity index is 1.31. The molecule has 6 rings (SSSR count). The van der Waals surface area contributed by atoms with Gasteiger partial charge in [-0.3, -0.25) is 0 Å². The number of anilines is 3. The molecule has 4 heterocycles. The molecule has 1 saturated heterocycles. The number of pyridine rings is 1. The monoisotopic (exact) mass is 562 g/mol. The number of nitrogens with zero attached hydrogens (tertiary/aromatic N) is 5. The van der Waals surface area contributed by atoms with Crippen molar-refractivity contribution in [3.63, 3.8) is 0 Å². The van der Waals surface area contributed by atoms with Gasteiger partial charge >= 0.3 is 0 Å². The van der Waals surface area contributed by atoms with Crippen molar-refractivity contribution in [3.8, 4) is 17.0 Å². The molecular formula is C32H40F2N6O. The van der Waals surface area contributed by atoms with Crippen molar-refractivity contribution in [1.82, 2.24) is 19.9 Å². The number of piperidine rings is 1. The summed E-state index contributed by atoms with van der Waals surface area (Å²) in [5.41, 5.74) is 3.53. The van der Waals surface area contributed by atoms with Crippen LogP contribution in [0.5, 0.6) is 5.75 Å². The molecule has 2 aliphatic heterocycles. The van der Waals surface area contributed by atoms with Crippen LogP contribution in [0.15, 0.2) is 30.5 Å². The molecule has 0 amide bonds. The third-order valence-corrected chi connectivity index (χ3v) is 8.84. The molecular weight excluding hydrogens is 522 g/mol. The number of nitrogens with one attached hydrogen (secondary N) is 1. The van der Waals surface area contributed by atoms with Crippen molar-refractivity contribution in [2.24, 2.45) is 0 Å². The predicted molar refractivity (Wildman–Crippen MR) is 158 cm³/mol. The lowest BCUT2D eigenvalue weighted by molar-refractivity contribution is 0.199. The largest absolute Gasteiger partial charge is 0.484 e. The molecule has 218 valence electrons. The molecule has 0 spiro atoms. The van der Waals surface area contributed by atoms with Crippen LogP contribution in [0.3, 0.4) is 0 Å². The fraction of sp³-hybridized carbons (Fsp3) is 0.531. The number of rotatable bonds is 6. The second kappa shape index (κ2) is 11.5. The van der Waals surface area contributed by atoms with Gasteiger partial charge in [0, 0.05) is 23.2 Å². The van der Waals surface area contributed by atoms with Gasteiger partial charge in [-0.1, -0.05) is 18.9 Å². The number of benzene rings is 1. The fourth-order valence-electron chi connectivity index (χ4n) is 6.64. The molecule has 41 heavy (non-hydrogen) atoms. The Bertz CT molecular complexity index is 1400. The van der Waals surface area contributed by atoms with Crippen LogP contribution < -0.4 is 15.0 Å². The highest BCUT2D eigenvalue weighted by molar-refractivity contribution is 5.73. The molecule has 1 aliphatic carbocycles. The molecule has 1 saturated carbocycles. The maximum atomic E-state index is 15.3. The van der Waals surface area contributed by atoms with Crippen LogP contribution in [0.4, 0.5) is 26.2 Å². The Morgan fingerprint density at radius 2 is 1.73 bits per heavy atom. The minimum atomic E-state index is -0.617. The van der Waals surface area contributed by atoms with Gasteiger partial charge in [0.05, 0.1) is 18.4 Å². The quantitative estimate of drug-likeness (QED) is 0.346. The summed E-state index contributed by atoms with van der Waals surface area (Å²) in [6.07, 6.45) is 8.05. The zero-order valence-electron chi connectivity index (χ0n) is 24.5. The number of likely N-dealkylation sites (tertiary alicyclic amines) is 1. The standard InChI is InChI=1S/C32H40F2N6O/c1-19(2)40-18-20(3)41-31-25(33)15-23(16-27(31)40)30-26(34)17-35-32(38-30)37-28-10-9-24(21-11-13-39(4)14-12-21)29(36-28)22-7-5-6-8-22/h9-10,15-17,19-22H,5-8,11-14,18H2,1-4H3,(H,35,36,37,38).